The molecule has 1 saturated carbocycles. The van der Waals surface area contributed by atoms with E-state index in [4.69, 9.17) is 0 Å². The molecule has 124 valence electrons. The van der Waals surface area contributed by atoms with E-state index in [-0.39, 0.29) is 24.4 Å². The number of hydrogen-bond acceptors (Lipinski definition) is 3. The van der Waals surface area contributed by atoms with Gasteiger partial charge in [0.2, 0.25) is 5.91 Å². The number of nitrogens with zero attached hydrogens (tertiary/aromatic N) is 2. The van der Waals surface area contributed by atoms with Gasteiger partial charge in [-0.3, -0.25) is 9.48 Å². The second-order valence-corrected chi connectivity index (χ2v) is 6.45. The van der Waals surface area contributed by atoms with Crippen LogP contribution in [0.15, 0.2) is 6.20 Å². The molecule has 0 radical (unpaired) electrons. The van der Waals surface area contributed by atoms with Gasteiger partial charge in [0.25, 0.3) is 0 Å². The number of fused-ring (bicyclic) bond motifs is 1. The lowest BCUT2D eigenvalue weighted by molar-refractivity contribution is -0.123. The Bertz CT molecular complexity index is 502. The summed E-state index contributed by atoms with van der Waals surface area (Å²) in [4.78, 5) is 12.4. The summed E-state index contributed by atoms with van der Waals surface area (Å²) in [5, 5.41) is 11.0. The lowest BCUT2D eigenvalue weighted by atomic mass is 9.85. The van der Waals surface area contributed by atoms with Crippen LogP contribution >= 0.6 is 12.4 Å². The third-order valence-corrected chi connectivity index (χ3v) is 4.96. The topological polar surface area (TPSA) is 59.0 Å². The van der Waals surface area contributed by atoms with E-state index in [1.54, 1.807) is 0 Å². The summed E-state index contributed by atoms with van der Waals surface area (Å²) in [6.07, 6.45) is 9.05. The van der Waals surface area contributed by atoms with E-state index >= 15 is 0 Å². The highest BCUT2D eigenvalue weighted by Gasteiger charge is 2.38. The van der Waals surface area contributed by atoms with Crippen LogP contribution in [-0.4, -0.2) is 27.8 Å². The van der Waals surface area contributed by atoms with E-state index in [0.29, 0.717) is 18.5 Å². The molecular weight excluding hydrogens is 300 g/mol. The molecule has 2 N–H and O–H groups in total. The molecular formula is C16H27ClN4O. The Kier molecular flexibility index (Phi) is 5.87. The first-order valence-corrected chi connectivity index (χ1v) is 8.22. The molecule has 1 aliphatic carbocycles. The molecule has 1 aromatic heterocycles. The van der Waals surface area contributed by atoms with Gasteiger partial charge in [-0.2, -0.15) is 5.10 Å². The quantitative estimate of drug-likeness (QED) is 0.889. The molecule has 2 aliphatic rings. The van der Waals surface area contributed by atoms with Crippen LogP contribution in [0.1, 0.15) is 50.3 Å². The van der Waals surface area contributed by atoms with Crippen molar-refractivity contribution < 1.29 is 4.79 Å². The van der Waals surface area contributed by atoms with Crippen LogP contribution in [0, 0.1) is 5.92 Å². The molecule has 1 saturated heterocycles. The van der Waals surface area contributed by atoms with Crippen molar-refractivity contribution in [3.8, 4) is 0 Å². The lowest BCUT2D eigenvalue weighted by Gasteiger charge is -2.24. The maximum Gasteiger partial charge on any atom is 0.237 e. The number of aryl methyl sites for hydroxylation is 2. The number of carbonyl (C=O) groups is 1. The maximum absolute atomic E-state index is 12.4. The van der Waals surface area contributed by atoms with Gasteiger partial charge >= 0.3 is 0 Å². The Hall–Kier alpha value is -1.07. The standard InChI is InChI=1S/C16H26N4O.ClH/c1-3-13-12(10-20(2)19-13)9-17-16(21)15-8-11-6-4-5-7-14(11)18-15;/h10-11,14-15,18H,3-9H2,1-2H3,(H,17,21);1H. The van der Waals surface area contributed by atoms with Crippen molar-refractivity contribution >= 4 is 18.3 Å². The average molecular weight is 327 g/mol. The first-order chi connectivity index (χ1) is 10.2. The summed E-state index contributed by atoms with van der Waals surface area (Å²) in [6, 6.07) is 0.568. The fourth-order valence-corrected chi connectivity index (χ4v) is 3.86. The van der Waals surface area contributed by atoms with E-state index in [1.165, 1.54) is 25.7 Å². The van der Waals surface area contributed by atoms with Crippen molar-refractivity contribution in [3.63, 3.8) is 0 Å². The van der Waals surface area contributed by atoms with Gasteiger partial charge in [-0.1, -0.05) is 19.8 Å². The predicted octanol–water partition coefficient (Wildman–Crippen LogP) is 1.94. The summed E-state index contributed by atoms with van der Waals surface area (Å²) in [7, 11) is 1.92. The number of hydrogen-bond donors (Lipinski definition) is 2. The van der Waals surface area contributed by atoms with Gasteiger partial charge < -0.3 is 10.6 Å². The number of amides is 1. The smallest absolute Gasteiger partial charge is 0.237 e. The zero-order valence-corrected chi connectivity index (χ0v) is 14.3. The Labute approximate surface area is 138 Å². The largest absolute Gasteiger partial charge is 0.351 e. The van der Waals surface area contributed by atoms with Gasteiger partial charge in [0, 0.05) is 31.4 Å². The predicted molar refractivity (Wildman–Crippen MR) is 89.0 cm³/mol. The van der Waals surface area contributed by atoms with Crippen LogP contribution in [0.2, 0.25) is 0 Å². The Morgan fingerprint density at radius 1 is 1.45 bits per heavy atom. The number of halogens is 1. The van der Waals surface area contributed by atoms with Crippen molar-refractivity contribution in [2.24, 2.45) is 13.0 Å². The van der Waals surface area contributed by atoms with Crippen molar-refractivity contribution in [2.75, 3.05) is 0 Å². The maximum atomic E-state index is 12.4. The molecule has 22 heavy (non-hydrogen) atoms. The van der Waals surface area contributed by atoms with E-state index < -0.39 is 0 Å². The van der Waals surface area contributed by atoms with E-state index in [9.17, 15) is 4.79 Å². The fraction of sp³-hybridized carbons (Fsp3) is 0.750. The zero-order chi connectivity index (χ0) is 14.8. The van der Waals surface area contributed by atoms with Crippen molar-refractivity contribution in [1.82, 2.24) is 20.4 Å². The molecule has 1 aromatic rings. The SMILES string of the molecule is CCc1nn(C)cc1CNC(=O)C1CC2CCCCC2N1.Cl. The molecule has 2 fully saturated rings. The van der Waals surface area contributed by atoms with Crippen LogP contribution in [-0.2, 0) is 24.8 Å². The van der Waals surface area contributed by atoms with Gasteiger partial charge in [0.05, 0.1) is 11.7 Å². The molecule has 0 bridgehead atoms. The molecule has 0 aromatic carbocycles. The first kappa shape index (κ1) is 17.3. The molecule has 2 heterocycles. The molecule has 3 unspecified atom stereocenters. The van der Waals surface area contributed by atoms with Crippen LogP contribution in [0.3, 0.4) is 0 Å². The van der Waals surface area contributed by atoms with E-state index in [0.717, 1.165) is 24.1 Å². The molecule has 6 heteroatoms. The molecule has 3 atom stereocenters. The molecule has 5 nitrogen and oxygen atoms in total. The normalized spacial score (nSPS) is 27.1. The van der Waals surface area contributed by atoms with Gasteiger partial charge in [-0.05, 0) is 31.6 Å². The lowest BCUT2D eigenvalue weighted by Crippen LogP contribution is -2.42. The monoisotopic (exact) mass is 326 g/mol. The third kappa shape index (κ3) is 3.63. The summed E-state index contributed by atoms with van der Waals surface area (Å²) in [5.41, 5.74) is 2.20. The zero-order valence-electron chi connectivity index (χ0n) is 13.5. The molecule has 1 aliphatic heterocycles. The van der Waals surface area contributed by atoms with Gasteiger partial charge in [0.15, 0.2) is 0 Å². The minimum absolute atomic E-state index is 0. The Balaban J connectivity index is 0.00000176. The van der Waals surface area contributed by atoms with Crippen LogP contribution in [0.25, 0.3) is 0 Å². The Morgan fingerprint density at radius 2 is 2.23 bits per heavy atom. The van der Waals surface area contributed by atoms with Gasteiger partial charge in [0.1, 0.15) is 0 Å². The van der Waals surface area contributed by atoms with Gasteiger partial charge in [-0.25, -0.2) is 0 Å². The van der Waals surface area contributed by atoms with Crippen molar-refractivity contribution in [2.45, 2.75) is 64.1 Å². The minimum atomic E-state index is -0.000141. The van der Waals surface area contributed by atoms with Crippen LogP contribution in [0.5, 0.6) is 0 Å². The summed E-state index contributed by atoms with van der Waals surface area (Å²) >= 11 is 0. The fourth-order valence-electron chi connectivity index (χ4n) is 3.86. The second kappa shape index (κ2) is 7.47. The third-order valence-electron chi connectivity index (χ3n) is 4.96. The van der Waals surface area contributed by atoms with Crippen molar-refractivity contribution in [1.29, 1.82) is 0 Å². The van der Waals surface area contributed by atoms with Crippen molar-refractivity contribution in [3.05, 3.63) is 17.5 Å². The first-order valence-electron chi connectivity index (χ1n) is 8.22. The highest BCUT2D eigenvalue weighted by atomic mass is 35.5. The number of rotatable bonds is 4. The second-order valence-electron chi connectivity index (χ2n) is 6.45. The number of aromatic nitrogens is 2. The van der Waals surface area contributed by atoms with E-state index in [2.05, 4.69) is 22.7 Å². The highest BCUT2D eigenvalue weighted by molar-refractivity contribution is 5.85. The summed E-state index contributed by atoms with van der Waals surface area (Å²) < 4.78 is 1.82. The Morgan fingerprint density at radius 3 is 2.95 bits per heavy atom. The number of nitrogens with one attached hydrogen (secondary N) is 2. The average Bonchev–Trinajstić information content (AvgIpc) is 3.07. The summed E-state index contributed by atoms with van der Waals surface area (Å²) in [5.74, 6) is 0.856. The molecule has 1 amide bonds. The van der Waals surface area contributed by atoms with E-state index in [1.807, 2.05) is 17.9 Å². The molecule has 3 rings (SSSR count). The highest BCUT2D eigenvalue weighted by Crippen LogP contribution is 2.33. The van der Waals surface area contributed by atoms with Crippen LogP contribution < -0.4 is 10.6 Å². The van der Waals surface area contributed by atoms with Gasteiger partial charge in [-0.15, -0.1) is 12.4 Å². The molecule has 0 spiro atoms. The van der Waals surface area contributed by atoms with Crippen LogP contribution in [0.4, 0.5) is 0 Å². The summed E-state index contributed by atoms with van der Waals surface area (Å²) in [6.45, 7) is 2.68. The number of carbonyl (C=O) groups excluding carboxylic acids is 1. The minimum Gasteiger partial charge on any atom is -0.351 e.